The van der Waals surface area contributed by atoms with Gasteiger partial charge in [-0.15, -0.1) is 0 Å². The molecule has 0 amide bonds. The number of morpholine rings is 1. The molecule has 0 spiro atoms. The van der Waals surface area contributed by atoms with Crippen molar-refractivity contribution in [2.75, 3.05) is 48.0 Å². The van der Waals surface area contributed by atoms with E-state index in [2.05, 4.69) is 53.2 Å². The monoisotopic (exact) mass is 381 g/mol. The third-order valence-electron chi connectivity index (χ3n) is 5.72. The molecule has 1 atom stereocenters. The van der Waals surface area contributed by atoms with E-state index in [1.807, 2.05) is 6.07 Å². The minimum Gasteiger partial charge on any atom is -0.378 e. The predicted octanol–water partition coefficient (Wildman–Crippen LogP) is 4.13. The lowest BCUT2D eigenvalue weighted by Crippen LogP contribution is -2.40. The van der Waals surface area contributed by atoms with Crippen molar-refractivity contribution < 1.29 is 4.74 Å². The Morgan fingerprint density at radius 3 is 2.75 bits per heavy atom. The van der Waals surface area contributed by atoms with Gasteiger partial charge in [-0.05, 0) is 44.7 Å². The van der Waals surface area contributed by atoms with Gasteiger partial charge in [0.25, 0.3) is 0 Å². The molecule has 2 saturated heterocycles. The van der Waals surface area contributed by atoms with Gasteiger partial charge in [0.1, 0.15) is 5.82 Å². The molecule has 150 valence electrons. The summed E-state index contributed by atoms with van der Waals surface area (Å²) >= 11 is 0. The van der Waals surface area contributed by atoms with Crippen LogP contribution in [0.3, 0.4) is 0 Å². The molecule has 2 aliphatic heterocycles. The van der Waals surface area contributed by atoms with Gasteiger partial charge in [-0.2, -0.15) is 4.98 Å². The fraction of sp³-hybridized carbons (Fsp3) is 0.545. The van der Waals surface area contributed by atoms with Crippen molar-refractivity contribution in [2.45, 2.75) is 45.6 Å². The van der Waals surface area contributed by atoms with Crippen LogP contribution in [0.2, 0.25) is 0 Å². The van der Waals surface area contributed by atoms with E-state index in [-0.39, 0.29) is 0 Å². The average molecular weight is 382 g/mol. The number of hydrogen-bond donors (Lipinski definition) is 1. The quantitative estimate of drug-likeness (QED) is 0.840. The van der Waals surface area contributed by atoms with Crippen LogP contribution in [0.4, 0.5) is 23.1 Å². The smallest absolute Gasteiger partial charge is 0.227 e. The highest BCUT2D eigenvalue weighted by Gasteiger charge is 2.24. The molecule has 1 unspecified atom stereocenters. The van der Waals surface area contributed by atoms with E-state index >= 15 is 0 Å². The summed E-state index contributed by atoms with van der Waals surface area (Å²) in [5.74, 6) is 1.72. The normalized spacial score (nSPS) is 20.3. The molecular formula is C22H31N5O. The molecule has 6 heteroatoms. The summed E-state index contributed by atoms with van der Waals surface area (Å²) in [5.41, 5.74) is 3.28. The van der Waals surface area contributed by atoms with Crippen LogP contribution >= 0.6 is 0 Å². The van der Waals surface area contributed by atoms with E-state index in [4.69, 9.17) is 14.7 Å². The van der Waals surface area contributed by atoms with Crippen molar-refractivity contribution in [3.8, 4) is 0 Å². The van der Waals surface area contributed by atoms with Crippen molar-refractivity contribution >= 4 is 23.1 Å². The third-order valence-corrected chi connectivity index (χ3v) is 5.72. The topological polar surface area (TPSA) is 53.5 Å². The molecule has 2 aliphatic rings. The Bertz CT molecular complexity index is 790. The molecule has 0 radical (unpaired) electrons. The van der Waals surface area contributed by atoms with Gasteiger partial charge >= 0.3 is 0 Å². The van der Waals surface area contributed by atoms with Gasteiger partial charge in [-0.3, -0.25) is 0 Å². The van der Waals surface area contributed by atoms with E-state index in [1.165, 1.54) is 24.9 Å². The summed E-state index contributed by atoms with van der Waals surface area (Å²) in [6.07, 6.45) is 4.89. The zero-order valence-electron chi connectivity index (χ0n) is 17.0. The van der Waals surface area contributed by atoms with Crippen molar-refractivity contribution in [1.82, 2.24) is 9.97 Å². The van der Waals surface area contributed by atoms with Crippen molar-refractivity contribution in [1.29, 1.82) is 0 Å². The number of aromatic nitrogens is 2. The highest BCUT2D eigenvalue weighted by atomic mass is 16.5. The number of rotatable bonds is 5. The molecule has 1 aromatic heterocycles. The molecule has 2 fully saturated rings. The first kappa shape index (κ1) is 19.0. The Morgan fingerprint density at radius 1 is 1.11 bits per heavy atom. The first-order valence-electron chi connectivity index (χ1n) is 10.6. The fourth-order valence-corrected chi connectivity index (χ4v) is 4.23. The minimum absolute atomic E-state index is 0.545. The maximum absolute atomic E-state index is 5.51. The Kier molecular flexibility index (Phi) is 5.95. The predicted molar refractivity (Wildman–Crippen MR) is 115 cm³/mol. The number of benzene rings is 1. The zero-order valence-corrected chi connectivity index (χ0v) is 17.0. The van der Waals surface area contributed by atoms with E-state index < -0.39 is 0 Å². The van der Waals surface area contributed by atoms with Crippen molar-refractivity contribution in [2.24, 2.45) is 0 Å². The van der Waals surface area contributed by atoms with Crippen LogP contribution in [-0.2, 0) is 4.74 Å². The number of anilines is 4. The van der Waals surface area contributed by atoms with E-state index in [1.54, 1.807) is 0 Å². The van der Waals surface area contributed by atoms with Gasteiger partial charge in [0.05, 0.1) is 24.6 Å². The molecule has 1 aromatic carbocycles. The zero-order chi connectivity index (χ0) is 19.3. The summed E-state index contributed by atoms with van der Waals surface area (Å²) in [6.45, 7) is 8.74. The molecule has 28 heavy (non-hydrogen) atoms. The lowest BCUT2D eigenvalue weighted by Gasteiger charge is -2.35. The minimum atomic E-state index is 0.545. The van der Waals surface area contributed by atoms with Crippen LogP contribution in [-0.4, -0.2) is 48.9 Å². The van der Waals surface area contributed by atoms with Crippen LogP contribution in [0, 0.1) is 6.92 Å². The van der Waals surface area contributed by atoms with Crippen LogP contribution in [0.1, 0.15) is 38.3 Å². The van der Waals surface area contributed by atoms with Gasteiger partial charge in [-0.1, -0.05) is 19.1 Å². The number of hydrogen-bond acceptors (Lipinski definition) is 6. The molecular weight excluding hydrogens is 350 g/mol. The number of nitrogens with zero attached hydrogens (tertiary/aromatic N) is 4. The number of piperidine rings is 1. The maximum Gasteiger partial charge on any atom is 0.227 e. The van der Waals surface area contributed by atoms with Crippen molar-refractivity contribution in [3.63, 3.8) is 0 Å². The van der Waals surface area contributed by atoms with Crippen LogP contribution in [0.15, 0.2) is 30.3 Å². The lowest BCUT2D eigenvalue weighted by molar-refractivity contribution is 0.123. The van der Waals surface area contributed by atoms with Crippen molar-refractivity contribution in [3.05, 3.63) is 36.0 Å². The van der Waals surface area contributed by atoms with Gasteiger partial charge in [0, 0.05) is 37.4 Å². The van der Waals surface area contributed by atoms with E-state index in [0.717, 1.165) is 62.4 Å². The largest absolute Gasteiger partial charge is 0.378 e. The number of nitrogens with one attached hydrogen (secondary N) is 1. The molecule has 6 nitrogen and oxygen atoms in total. The first-order valence-corrected chi connectivity index (χ1v) is 10.6. The summed E-state index contributed by atoms with van der Waals surface area (Å²) in [5, 5.41) is 3.56. The Morgan fingerprint density at radius 2 is 1.93 bits per heavy atom. The third kappa shape index (κ3) is 4.22. The highest BCUT2D eigenvalue weighted by Crippen LogP contribution is 2.30. The first-order chi connectivity index (χ1) is 13.7. The molecule has 0 saturated carbocycles. The second-order valence-electron chi connectivity index (χ2n) is 7.69. The Labute approximate surface area is 167 Å². The summed E-state index contributed by atoms with van der Waals surface area (Å²) in [4.78, 5) is 14.4. The highest BCUT2D eigenvalue weighted by molar-refractivity contribution is 5.74. The fourth-order valence-electron chi connectivity index (χ4n) is 4.23. The van der Waals surface area contributed by atoms with Crippen LogP contribution in [0.25, 0.3) is 0 Å². The second-order valence-corrected chi connectivity index (χ2v) is 7.69. The van der Waals surface area contributed by atoms with E-state index in [9.17, 15) is 0 Å². The second kappa shape index (κ2) is 8.78. The molecule has 4 rings (SSSR count). The maximum atomic E-state index is 5.51. The summed E-state index contributed by atoms with van der Waals surface area (Å²) < 4.78 is 5.51. The SMILES string of the molecule is CCC1CCCCN1c1nc(C)cc(Nc2ccccc2N2CCOCC2)n1. The van der Waals surface area contributed by atoms with Crippen LogP contribution < -0.4 is 15.1 Å². The van der Waals surface area contributed by atoms with Crippen LogP contribution in [0.5, 0.6) is 0 Å². The number of aryl methyl sites for hydroxylation is 1. The van der Waals surface area contributed by atoms with Gasteiger partial charge in [0.2, 0.25) is 5.95 Å². The molecule has 0 aliphatic carbocycles. The molecule has 0 bridgehead atoms. The van der Waals surface area contributed by atoms with Gasteiger partial charge in [-0.25, -0.2) is 4.98 Å². The Balaban J connectivity index is 1.60. The van der Waals surface area contributed by atoms with E-state index in [0.29, 0.717) is 6.04 Å². The molecule has 2 aromatic rings. The summed E-state index contributed by atoms with van der Waals surface area (Å²) in [7, 11) is 0. The van der Waals surface area contributed by atoms with Gasteiger partial charge in [0.15, 0.2) is 0 Å². The molecule has 1 N–H and O–H groups in total. The molecule has 3 heterocycles. The Hall–Kier alpha value is -2.34. The van der Waals surface area contributed by atoms with Gasteiger partial charge < -0.3 is 19.9 Å². The number of ether oxygens (including phenoxy) is 1. The average Bonchev–Trinajstić information content (AvgIpc) is 2.74. The summed E-state index contributed by atoms with van der Waals surface area (Å²) in [6, 6.07) is 11.0. The standard InChI is InChI=1S/C22H31N5O/c1-3-18-8-6-7-11-27(18)22-23-17(2)16-21(25-22)24-19-9-4-5-10-20(19)26-12-14-28-15-13-26/h4-5,9-10,16,18H,3,6-8,11-15H2,1-2H3,(H,23,24,25). The number of para-hydroxylation sites is 2. The lowest BCUT2D eigenvalue weighted by atomic mass is 10.0.